The third-order valence-electron chi connectivity index (χ3n) is 2.81. The summed E-state index contributed by atoms with van der Waals surface area (Å²) in [6.07, 6.45) is 5.34. The monoisotopic (exact) mass is 258 g/mol. The SMILES string of the molecule is Cn1nnc(Br)c1CNC1CCCC1. The zero-order valence-corrected chi connectivity index (χ0v) is 9.92. The summed E-state index contributed by atoms with van der Waals surface area (Å²) >= 11 is 3.39. The van der Waals surface area contributed by atoms with Crippen LogP contribution in [0.3, 0.4) is 0 Å². The summed E-state index contributed by atoms with van der Waals surface area (Å²) in [4.78, 5) is 0. The van der Waals surface area contributed by atoms with Crippen molar-refractivity contribution in [3.05, 3.63) is 10.3 Å². The number of rotatable bonds is 3. The average molecular weight is 259 g/mol. The minimum absolute atomic E-state index is 0.691. The minimum atomic E-state index is 0.691. The lowest BCUT2D eigenvalue weighted by molar-refractivity contribution is 0.506. The summed E-state index contributed by atoms with van der Waals surface area (Å²) in [5.74, 6) is 0. The Bertz CT molecular complexity index is 284. The van der Waals surface area contributed by atoms with E-state index < -0.39 is 0 Å². The highest BCUT2D eigenvalue weighted by Gasteiger charge is 2.15. The molecule has 0 amide bonds. The van der Waals surface area contributed by atoms with E-state index in [0.29, 0.717) is 6.04 Å². The molecule has 1 fully saturated rings. The van der Waals surface area contributed by atoms with Crippen LogP contribution in [-0.4, -0.2) is 21.0 Å². The topological polar surface area (TPSA) is 42.7 Å². The van der Waals surface area contributed by atoms with Crippen LogP contribution in [-0.2, 0) is 13.6 Å². The molecule has 0 atom stereocenters. The first kappa shape index (κ1) is 10.1. The Morgan fingerprint density at radius 2 is 2.21 bits per heavy atom. The van der Waals surface area contributed by atoms with Crippen molar-refractivity contribution in [1.29, 1.82) is 0 Å². The van der Waals surface area contributed by atoms with Crippen LogP contribution < -0.4 is 5.32 Å². The maximum Gasteiger partial charge on any atom is 0.152 e. The number of nitrogens with zero attached hydrogens (tertiary/aromatic N) is 3. The molecular formula is C9H15BrN4. The highest BCUT2D eigenvalue weighted by atomic mass is 79.9. The second-order valence-corrected chi connectivity index (χ2v) is 4.56. The van der Waals surface area contributed by atoms with Gasteiger partial charge in [0.2, 0.25) is 0 Å². The summed E-state index contributed by atoms with van der Waals surface area (Å²) in [6, 6.07) is 0.691. The molecule has 0 spiro atoms. The summed E-state index contributed by atoms with van der Waals surface area (Å²) in [5.41, 5.74) is 1.12. The maximum atomic E-state index is 3.95. The highest BCUT2D eigenvalue weighted by Crippen LogP contribution is 2.19. The Balaban J connectivity index is 1.90. The molecule has 0 aromatic carbocycles. The molecule has 14 heavy (non-hydrogen) atoms. The van der Waals surface area contributed by atoms with Gasteiger partial charge < -0.3 is 5.32 Å². The van der Waals surface area contributed by atoms with E-state index in [4.69, 9.17) is 0 Å². The normalized spacial score (nSPS) is 17.9. The van der Waals surface area contributed by atoms with Crippen LogP contribution >= 0.6 is 15.9 Å². The zero-order valence-electron chi connectivity index (χ0n) is 8.33. The fourth-order valence-corrected chi connectivity index (χ4v) is 2.38. The molecule has 4 nitrogen and oxygen atoms in total. The van der Waals surface area contributed by atoms with Gasteiger partial charge in [0.05, 0.1) is 5.69 Å². The van der Waals surface area contributed by atoms with Gasteiger partial charge in [-0.05, 0) is 28.8 Å². The lowest BCUT2D eigenvalue weighted by Crippen LogP contribution is -2.26. The summed E-state index contributed by atoms with van der Waals surface area (Å²) < 4.78 is 2.66. The van der Waals surface area contributed by atoms with Crippen molar-refractivity contribution in [3.8, 4) is 0 Å². The molecule has 2 rings (SSSR count). The van der Waals surface area contributed by atoms with E-state index in [1.807, 2.05) is 11.7 Å². The standard InChI is InChI=1S/C9H15BrN4/c1-14-8(9(10)12-13-14)6-11-7-4-2-3-5-7/h7,11H,2-6H2,1H3. The van der Waals surface area contributed by atoms with Crippen LogP contribution in [0, 0.1) is 0 Å². The molecule has 1 saturated carbocycles. The van der Waals surface area contributed by atoms with E-state index in [1.165, 1.54) is 25.7 Å². The quantitative estimate of drug-likeness (QED) is 0.896. The van der Waals surface area contributed by atoms with Gasteiger partial charge in [0.1, 0.15) is 0 Å². The van der Waals surface area contributed by atoms with Crippen molar-refractivity contribution in [2.24, 2.45) is 7.05 Å². The molecule has 1 N–H and O–H groups in total. The van der Waals surface area contributed by atoms with Crippen LogP contribution in [0.15, 0.2) is 4.60 Å². The Hall–Kier alpha value is -0.420. The molecule has 1 aliphatic rings. The van der Waals surface area contributed by atoms with Crippen LogP contribution in [0.2, 0.25) is 0 Å². The van der Waals surface area contributed by atoms with Gasteiger partial charge in [-0.15, -0.1) is 5.10 Å². The molecule has 1 aromatic heterocycles. The smallest absolute Gasteiger partial charge is 0.152 e. The first-order chi connectivity index (χ1) is 6.77. The number of halogens is 1. The lowest BCUT2D eigenvalue weighted by atomic mass is 10.2. The average Bonchev–Trinajstić information content (AvgIpc) is 2.76. The van der Waals surface area contributed by atoms with E-state index in [1.54, 1.807) is 0 Å². The third-order valence-corrected chi connectivity index (χ3v) is 3.43. The molecule has 5 heteroatoms. The Morgan fingerprint density at radius 3 is 2.79 bits per heavy atom. The minimum Gasteiger partial charge on any atom is -0.308 e. The van der Waals surface area contributed by atoms with E-state index >= 15 is 0 Å². The number of aryl methyl sites for hydroxylation is 1. The first-order valence-electron chi connectivity index (χ1n) is 5.05. The Labute approximate surface area is 92.2 Å². The van der Waals surface area contributed by atoms with Crippen LogP contribution in [0.25, 0.3) is 0 Å². The molecule has 0 radical (unpaired) electrons. The van der Waals surface area contributed by atoms with Crippen molar-refractivity contribution >= 4 is 15.9 Å². The van der Waals surface area contributed by atoms with Crippen molar-refractivity contribution in [3.63, 3.8) is 0 Å². The van der Waals surface area contributed by atoms with Crippen LogP contribution in [0.5, 0.6) is 0 Å². The fourth-order valence-electron chi connectivity index (χ4n) is 1.91. The maximum absolute atomic E-state index is 3.95. The first-order valence-corrected chi connectivity index (χ1v) is 5.84. The summed E-state index contributed by atoms with van der Waals surface area (Å²) in [6.45, 7) is 0.856. The van der Waals surface area contributed by atoms with Gasteiger partial charge in [-0.3, -0.25) is 0 Å². The third kappa shape index (κ3) is 2.15. The largest absolute Gasteiger partial charge is 0.308 e. The van der Waals surface area contributed by atoms with Crippen molar-refractivity contribution < 1.29 is 0 Å². The Morgan fingerprint density at radius 1 is 1.50 bits per heavy atom. The molecule has 1 heterocycles. The summed E-state index contributed by atoms with van der Waals surface area (Å²) in [7, 11) is 1.92. The van der Waals surface area contributed by atoms with Gasteiger partial charge in [0, 0.05) is 19.6 Å². The van der Waals surface area contributed by atoms with Gasteiger partial charge in [-0.25, -0.2) is 4.68 Å². The predicted molar refractivity (Wildman–Crippen MR) is 57.8 cm³/mol. The van der Waals surface area contributed by atoms with Crippen LogP contribution in [0.4, 0.5) is 0 Å². The molecule has 78 valence electrons. The fraction of sp³-hybridized carbons (Fsp3) is 0.778. The van der Waals surface area contributed by atoms with Crippen molar-refractivity contribution in [1.82, 2.24) is 20.3 Å². The van der Waals surface area contributed by atoms with E-state index in [-0.39, 0.29) is 0 Å². The van der Waals surface area contributed by atoms with E-state index in [2.05, 4.69) is 31.6 Å². The van der Waals surface area contributed by atoms with Gasteiger partial charge in [0.15, 0.2) is 4.60 Å². The summed E-state index contributed by atoms with van der Waals surface area (Å²) in [5, 5.41) is 11.4. The Kier molecular flexibility index (Phi) is 3.18. The molecule has 0 saturated heterocycles. The highest BCUT2D eigenvalue weighted by molar-refractivity contribution is 9.10. The molecule has 1 aromatic rings. The number of aromatic nitrogens is 3. The van der Waals surface area contributed by atoms with E-state index in [9.17, 15) is 0 Å². The molecule has 0 unspecified atom stereocenters. The number of hydrogen-bond acceptors (Lipinski definition) is 3. The molecule has 1 aliphatic carbocycles. The zero-order chi connectivity index (χ0) is 9.97. The number of nitrogens with one attached hydrogen (secondary N) is 1. The number of hydrogen-bond donors (Lipinski definition) is 1. The van der Waals surface area contributed by atoms with Gasteiger partial charge >= 0.3 is 0 Å². The van der Waals surface area contributed by atoms with Gasteiger partial charge in [0.25, 0.3) is 0 Å². The van der Waals surface area contributed by atoms with Gasteiger partial charge in [-0.1, -0.05) is 18.1 Å². The molecular weight excluding hydrogens is 244 g/mol. The van der Waals surface area contributed by atoms with Crippen molar-refractivity contribution in [2.75, 3.05) is 0 Å². The predicted octanol–water partition coefficient (Wildman–Crippen LogP) is 1.61. The van der Waals surface area contributed by atoms with Gasteiger partial charge in [-0.2, -0.15) is 0 Å². The molecule has 0 bridgehead atoms. The second kappa shape index (κ2) is 4.40. The van der Waals surface area contributed by atoms with Crippen molar-refractivity contribution in [2.45, 2.75) is 38.3 Å². The lowest BCUT2D eigenvalue weighted by Gasteiger charge is -2.11. The van der Waals surface area contributed by atoms with Crippen LogP contribution in [0.1, 0.15) is 31.4 Å². The van der Waals surface area contributed by atoms with E-state index in [0.717, 1.165) is 16.8 Å². The molecule has 0 aliphatic heterocycles. The second-order valence-electron chi connectivity index (χ2n) is 3.81.